The summed E-state index contributed by atoms with van der Waals surface area (Å²) in [6, 6.07) is 7.97. The number of carboxylic acid groups (broad SMARTS) is 1. The van der Waals surface area contributed by atoms with Gasteiger partial charge in [0, 0.05) is 36.7 Å². The lowest BCUT2D eigenvalue weighted by Crippen LogP contribution is -2.38. The molecule has 0 bridgehead atoms. The van der Waals surface area contributed by atoms with Gasteiger partial charge in [0.2, 0.25) is 0 Å². The number of carboxylic acids is 1. The van der Waals surface area contributed by atoms with E-state index in [9.17, 15) is 9.59 Å². The molecule has 0 spiro atoms. The zero-order valence-electron chi connectivity index (χ0n) is 12.8. The van der Waals surface area contributed by atoms with Crippen LogP contribution in [0.4, 0.5) is 0 Å². The first-order valence-corrected chi connectivity index (χ1v) is 7.57. The first-order valence-electron chi connectivity index (χ1n) is 7.57. The molecule has 1 aromatic carbocycles. The topological polar surface area (TPSA) is 62.5 Å². The van der Waals surface area contributed by atoms with Crippen LogP contribution in [0.2, 0.25) is 0 Å². The second-order valence-corrected chi connectivity index (χ2v) is 6.10. The van der Waals surface area contributed by atoms with Gasteiger partial charge in [-0.3, -0.25) is 9.59 Å². The molecule has 3 rings (SSSR count). The van der Waals surface area contributed by atoms with Crippen molar-refractivity contribution < 1.29 is 14.7 Å². The Hall–Kier alpha value is -2.30. The van der Waals surface area contributed by atoms with Gasteiger partial charge in [0.25, 0.3) is 5.91 Å². The number of hydrogen-bond donors (Lipinski definition) is 1. The number of carbonyl (C=O) groups is 2. The zero-order valence-corrected chi connectivity index (χ0v) is 12.8. The summed E-state index contributed by atoms with van der Waals surface area (Å²) >= 11 is 0. The highest BCUT2D eigenvalue weighted by Gasteiger charge is 2.35. The maximum atomic E-state index is 12.9. The van der Waals surface area contributed by atoms with Crippen molar-refractivity contribution in [2.45, 2.75) is 25.8 Å². The van der Waals surface area contributed by atoms with Crippen LogP contribution < -0.4 is 0 Å². The van der Waals surface area contributed by atoms with E-state index in [1.807, 2.05) is 42.1 Å². The molecule has 0 radical (unpaired) electrons. The molecule has 0 saturated heterocycles. The maximum absolute atomic E-state index is 12.9. The third-order valence-corrected chi connectivity index (χ3v) is 4.27. The summed E-state index contributed by atoms with van der Waals surface area (Å²) in [6.07, 6.45) is 3.76. The van der Waals surface area contributed by atoms with Crippen LogP contribution in [0, 0.1) is 5.92 Å². The van der Waals surface area contributed by atoms with Crippen LogP contribution in [-0.2, 0) is 11.8 Å². The molecular formula is C17H20N2O3. The Kier molecular flexibility index (Phi) is 3.64. The molecule has 1 atom stereocenters. The number of aliphatic carboxylic acids is 1. The van der Waals surface area contributed by atoms with E-state index in [1.165, 1.54) is 0 Å². The molecule has 22 heavy (non-hydrogen) atoms. The second kappa shape index (κ2) is 5.48. The number of rotatable bonds is 5. The van der Waals surface area contributed by atoms with Gasteiger partial charge in [-0.15, -0.1) is 0 Å². The van der Waals surface area contributed by atoms with E-state index < -0.39 is 11.9 Å². The Balaban J connectivity index is 1.94. The summed E-state index contributed by atoms with van der Waals surface area (Å²) in [5, 5.41) is 10.0. The minimum absolute atomic E-state index is 0.0626. The molecule has 1 saturated carbocycles. The van der Waals surface area contributed by atoms with Crippen molar-refractivity contribution in [3.63, 3.8) is 0 Å². The molecule has 2 aromatic rings. The summed E-state index contributed by atoms with van der Waals surface area (Å²) in [7, 11) is 1.92. The largest absolute Gasteiger partial charge is 0.481 e. The van der Waals surface area contributed by atoms with Gasteiger partial charge in [0.05, 0.1) is 11.5 Å². The number of nitrogens with zero attached hydrogens (tertiary/aromatic N) is 2. The Morgan fingerprint density at radius 3 is 2.68 bits per heavy atom. The lowest BCUT2D eigenvalue weighted by Gasteiger charge is -2.24. The van der Waals surface area contributed by atoms with Gasteiger partial charge in [0.1, 0.15) is 0 Å². The Morgan fingerprint density at radius 2 is 2.05 bits per heavy atom. The molecule has 5 nitrogen and oxygen atoms in total. The number of amides is 1. The van der Waals surface area contributed by atoms with E-state index in [-0.39, 0.29) is 18.5 Å². The smallest absolute Gasteiger partial charge is 0.308 e. The fourth-order valence-corrected chi connectivity index (χ4v) is 2.82. The number of carbonyl (C=O) groups excluding carboxylic acids is 1. The van der Waals surface area contributed by atoms with Crippen molar-refractivity contribution in [3.8, 4) is 0 Å². The van der Waals surface area contributed by atoms with E-state index in [1.54, 1.807) is 11.8 Å². The highest BCUT2D eigenvalue weighted by atomic mass is 16.4. The number of para-hydroxylation sites is 1. The predicted octanol–water partition coefficient (Wildman–Crippen LogP) is 2.50. The lowest BCUT2D eigenvalue weighted by atomic mass is 10.1. The van der Waals surface area contributed by atoms with Crippen molar-refractivity contribution in [3.05, 3.63) is 36.0 Å². The number of hydrogen-bond acceptors (Lipinski definition) is 2. The summed E-state index contributed by atoms with van der Waals surface area (Å²) in [6.45, 7) is 1.91. The Morgan fingerprint density at radius 1 is 1.36 bits per heavy atom. The van der Waals surface area contributed by atoms with E-state index in [2.05, 4.69) is 0 Å². The number of aryl methyl sites for hydroxylation is 1. The quantitative estimate of drug-likeness (QED) is 0.923. The van der Waals surface area contributed by atoms with Gasteiger partial charge in [-0.1, -0.05) is 25.1 Å². The average molecular weight is 300 g/mol. The molecule has 1 aliphatic rings. The van der Waals surface area contributed by atoms with Gasteiger partial charge in [-0.2, -0.15) is 0 Å². The van der Waals surface area contributed by atoms with Crippen LogP contribution >= 0.6 is 0 Å². The fraction of sp³-hybridized carbons (Fsp3) is 0.412. The summed E-state index contributed by atoms with van der Waals surface area (Å²) in [5.41, 5.74) is 1.66. The van der Waals surface area contributed by atoms with Crippen LogP contribution in [0.5, 0.6) is 0 Å². The van der Waals surface area contributed by atoms with E-state index in [4.69, 9.17) is 5.11 Å². The number of aromatic nitrogens is 1. The molecule has 1 heterocycles. The van der Waals surface area contributed by atoms with Crippen LogP contribution in [0.15, 0.2) is 30.5 Å². The van der Waals surface area contributed by atoms with Crippen LogP contribution in [0.3, 0.4) is 0 Å². The van der Waals surface area contributed by atoms with Crippen LogP contribution in [0.1, 0.15) is 30.1 Å². The first-order chi connectivity index (χ1) is 10.5. The first kappa shape index (κ1) is 14.6. The van der Waals surface area contributed by atoms with Crippen molar-refractivity contribution >= 4 is 22.8 Å². The molecule has 1 unspecified atom stereocenters. The minimum atomic E-state index is -0.864. The molecule has 1 fully saturated rings. The molecule has 1 aliphatic carbocycles. The molecule has 1 amide bonds. The van der Waals surface area contributed by atoms with E-state index in [0.29, 0.717) is 5.56 Å². The molecule has 1 aromatic heterocycles. The van der Waals surface area contributed by atoms with Gasteiger partial charge < -0.3 is 14.6 Å². The lowest BCUT2D eigenvalue weighted by molar-refractivity contribution is -0.141. The molecular weight excluding hydrogens is 280 g/mol. The molecule has 116 valence electrons. The highest BCUT2D eigenvalue weighted by Crippen LogP contribution is 2.31. The highest BCUT2D eigenvalue weighted by molar-refractivity contribution is 6.07. The van der Waals surface area contributed by atoms with Gasteiger partial charge >= 0.3 is 5.97 Å². The standard InChI is InChI=1S/C17H20N2O3/c1-11(17(21)22)9-19(12-7-8-12)16(20)14-10-18(2)15-6-4-3-5-13(14)15/h3-6,10-12H,7-9H2,1-2H3,(H,21,22). The van der Waals surface area contributed by atoms with Crippen molar-refractivity contribution in [1.82, 2.24) is 9.47 Å². The maximum Gasteiger partial charge on any atom is 0.308 e. The predicted molar refractivity (Wildman–Crippen MR) is 83.8 cm³/mol. The summed E-state index contributed by atoms with van der Waals surface area (Å²) in [4.78, 5) is 25.8. The molecule has 1 N–H and O–H groups in total. The van der Waals surface area contributed by atoms with Crippen molar-refractivity contribution in [2.75, 3.05) is 6.54 Å². The minimum Gasteiger partial charge on any atom is -0.481 e. The van der Waals surface area contributed by atoms with Gasteiger partial charge in [-0.25, -0.2) is 0 Å². The third kappa shape index (κ3) is 2.58. The van der Waals surface area contributed by atoms with Crippen molar-refractivity contribution in [2.24, 2.45) is 13.0 Å². The monoisotopic (exact) mass is 300 g/mol. The third-order valence-electron chi connectivity index (χ3n) is 4.27. The SMILES string of the molecule is CC(CN(C(=O)c1cn(C)c2ccccc12)C1CC1)C(=O)O. The summed E-state index contributed by atoms with van der Waals surface area (Å²) in [5.74, 6) is -1.48. The Bertz CT molecular complexity index is 731. The molecule has 5 heteroatoms. The van der Waals surface area contributed by atoms with Crippen LogP contribution in [-0.4, -0.2) is 39.0 Å². The zero-order chi connectivity index (χ0) is 15.9. The van der Waals surface area contributed by atoms with E-state index in [0.717, 1.165) is 23.7 Å². The normalized spacial score (nSPS) is 15.7. The Labute approximate surface area is 129 Å². The summed E-state index contributed by atoms with van der Waals surface area (Å²) < 4.78 is 1.94. The van der Waals surface area contributed by atoms with Crippen molar-refractivity contribution in [1.29, 1.82) is 0 Å². The van der Waals surface area contributed by atoms with E-state index >= 15 is 0 Å². The van der Waals surface area contributed by atoms with Crippen LogP contribution in [0.25, 0.3) is 10.9 Å². The fourth-order valence-electron chi connectivity index (χ4n) is 2.82. The molecule has 0 aliphatic heterocycles. The average Bonchev–Trinajstić information content (AvgIpc) is 3.28. The number of fused-ring (bicyclic) bond motifs is 1. The van der Waals surface area contributed by atoms with Gasteiger partial charge in [-0.05, 0) is 18.9 Å². The second-order valence-electron chi connectivity index (χ2n) is 6.10. The van der Waals surface area contributed by atoms with Gasteiger partial charge in [0.15, 0.2) is 0 Å². The number of benzene rings is 1.